The van der Waals surface area contributed by atoms with E-state index in [1.54, 1.807) is 38.6 Å². The fraction of sp³-hybridized carbons (Fsp3) is 0.267. The van der Waals surface area contributed by atoms with E-state index in [0.29, 0.717) is 17.3 Å². The molecule has 2 N–H and O–H groups in total. The molecule has 0 aliphatic carbocycles. The molecule has 0 aliphatic heterocycles. The molecule has 22 heavy (non-hydrogen) atoms. The molecule has 1 atom stereocenters. The molecule has 0 aliphatic rings. The molecule has 1 aromatic carbocycles. The minimum Gasteiger partial charge on any atom is -0.497 e. The second-order valence-corrected chi connectivity index (χ2v) is 4.66. The summed E-state index contributed by atoms with van der Waals surface area (Å²) < 4.78 is 10.6. The van der Waals surface area contributed by atoms with Gasteiger partial charge in [-0.15, -0.1) is 0 Å². The van der Waals surface area contributed by atoms with Crippen LogP contribution in [0, 0.1) is 10.1 Å². The summed E-state index contributed by atoms with van der Waals surface area (Å²) in [5, 5.41) is 14.2. The Morgan fingerprint density at radius 1 is 1.27 bits per heavy atom. The van der Waals surface area contributed by atoms with Gasteiger partial charge in [0.15, 0.2) is 0 Å². The van der Waals surface area contributed by atoms with Crippen molar-refractivity contribution in [2.45, 2.75) is 13.0 Å². The SMILES string of the molecule is COc1ccc(OC)c([C@@H](C)Nc2[nH+]cccc2[N+](=O)[O-])c1. The molecule has 1 heterocycles. The summed E-state index contributed by atoms with van der Waals surface area (Å²) in [6, 6.07) is 8.24. The Kier molecular flexibility index (Phi) is 4.77. The number of nitrogens with zero attached hydrogens (tertiary/aromatic N) is 1. The van der Waals surface area contributed by atoms with Crippen molar-refractivity contribution in [1.29, 1.82) is 0 Å². The lowest BCUT2D eigenvalue weighted by atomic mass is 10.1. The van der Waals surface area contributed by atoms with Gasteiger partial charge in [-0.05, 0) is 31.2 Å². The standard InChI is InChI=1S/C15H17N3O4/c1-10(12-9-11(21-2)6-7-14(12)22-3)17-15-13(18(19)20)5-4-8-16-15/h4-10H,1-3H3,(H,16,17)/p+1/t10-/m1/s1. The number of hydrogen-bond acceptors (Lipinski definition) is 5. The minimum absolute atomic E-state index is 0.0174. The highest BCUT2D eigenvalue weighted by Crippen LogP contribution is 2.32. The summed E-state index contributed by atoms with van der Waals surface area (Å²) in [5.74, 6) is 1.71. The van der Waals surface area contributed by atoms with Crippen molar-refractivity contribution in [2.75, 3.05) is 19.5 Å². The van der Waals surface area contributed by atoms with E-state index in [4.69, 9.17) is 9.47 Å². The van der Waals surface area contributed by atoms with E-state index in [0.717, 1.165) is 5.56 Å². The van der Waals surface area contributed by atoms with Crippen molar-refractivity contribution < 1.29 is 19.4 Å². The number of pyridine rings is 1. The number of nitrogens with one attached hydrogen (secondary N) is 2. The molecular formula is C15H18N3O4+. The summed E-state index contributed by atoms with van der Waals surface area (Å²) >= 11 is 0. The molecule has 0 saturated carbocycles. The first-order chi connectivity index (χ1) is 10.6. The molecule has 0 amide bonds. The average Bonchev–Trinajstić information content (AvgIpc) is 2.54. The van der Waals surface area contributed by atoms with E-state index in [2.05, 4.69) is 10.3 Å². The van der Waals surface area contributed by atoms with Gasteiger partial charge in [0.25, 0.3) is 0 Å². The van der Waals surface area contributed by atoms with Crippen LogP contribution < -0.4 is 19.8 Å². The first-order valence-electron chi connectivity index (χ1n) is 6.70. The van der Waals surface area contributed by atoms with Gasteiger partial charge in [-0.25, -0.2) is 4.98 Å². The Morgan fingerprint density at radius 2 is 2.05 bits per heavy atom. The Hall–Kier alpha value is -2.83. The van der Waals surface area contributed by atoms with Gasteiger partial charge in [-0.3, -0.25) is 15.4 Å². The molecule has 0 unspecified atom stereocenters. The fourth-order valence-corrected chi connectivity index (χ4v) is 2.17. The van der Waals surface area contributed by atoms with Crippen molar-refractivity contribution in [3.8, 4) is 11.5 Å². The van der Waals surface area contributed by atoms with Gasteiger partial charge in [-0.1, -0.05) is 0 Å². The Morgan fingerprint density at radius 3 is 2.68 bits per heavy atom. The highest BCUT2D eigenvalue weighted by atomic mass is 16.6. The van der Waals surface area contributed by atoms with E-state index in [1.807, 2.05) is 13.0 Å². The lowest BCUT2D eigenvalue weighted by Gasteiger charge is -2.14. The van der Waals surface area contributed by atoms with E-state index in [9.17, 15) is 10.1 Å². The average molecular weight is 304 g/mol. The Balaban J connectivity index is 2.33. The first-order valence-corrected chi connectivity index (χ1v) is 6.70. The predicted molar refractivity (Wildman–Crippen MR) is 81.2 cm³/mol. The van der Waals surface area contributed by atoms with Crippen LogP contribution in [0.5, 0.6) is 11.5 Å². The molecule has 0 saturated heterocycles. The third kappa shape index (κ3) is 3.25. The molecule has 7 nitrogen and oxygen atoms in total. The lowest BCUT2D eigenvalue weighted by molar-refractivity contribution is -0.409. The quantitative estimate of drug-likeness (QED) is 0.654. The molecular weight excluding hydrogens is 286 g/mol. The maximum absolute atomic E-state index is 11.1. The zero-order valence-corrected chi connectivity index (χ0v) is 12.6. The van der Waals surface area contributed by atoms with Crippen LogP contribution in [0.25, 0.3) is 0 Å². The minimum atomic E-state index is -0.436. The topological polar surface area (TPSA) is 87.8 Å². The van der Waals surface area contributed by atoms with Crippen molar-refractivity contribution >= 4 is 11.5 Å². The number of benzene rings is 1. The van der Waals surface area contributed by atoms with Crippen LogP contribution in [0.3, 0.4) is 0 Å². The zero-order chi connectivity index (χ0) is 16.1. The summed E-state index contributed by atoms with van der Waals surface area (Å²) in [7, 11) is 3.16. The summed E-state index contributed by atoms with van der Waals surface area (Å²) in [6.45, 7) is 1.89. The molecule has 0 fully saturated rings. The number of aromatic amines is 1. The van der Waals surface area contributed by atoms with Crippen LogP contribution in [0.15, 0.2) is 36.5 Å². The lowest BCUT2D eigenvalue weighted by Crippen LogP contribution is -2.18. The second kappa shape index (κ2) is 6.75. The van der Waals surface area contributed by atoms with E-state index >= 15 is 0 Å². The second-order valence-electron chi connectivity index (χ2n) is 4.66. The number of rotatable bonds is 6. The molecule has 7 heteroatoms. The van der Waals surface area contributed by atoms with Gasteiger partial charge in [-0.2, -0.15) is 0 Å². The van der Waals surface area contributed by atoms with Crippen molar-refractivity contribution in [1.82, 2.24) is 0 Å². The predicted octanol–water partition coefficient (Wildman–Crippen LogP) is 2.60. The number of H-pyrrole nitrogens is 1. The molecule has 2 rings (SSSR count). The maximum atomic E-state index is 11.1. The maximum Gasteiger partial charge on any atom is 0.357 e. The number of hydrogen-bond donors (Lipinski definition) is 1. The summed E-state index contributed by atoms with van der Waals surface area (Å²) in [6.07, 6.45) is 1.63. The van der Waals surface area contributed by atoms with Crippen LogP contribution >= 0.6 is 0 Å². The first kappa shape index (κ1) is 15.6. The van der Waals surface area contributed by atoms with E-state index in [1.165, 1.54) is 6.07 Å². The van der Waals surface area contributed by atoms with Crippen LogP contribution in [-0.2, 0) is 0 Å². The summed E-state index contributed by atoms with van der Waals surface area (Å²) in [5.41, 5.74) is 0.824. The van der Waals surface area contributed by atoms with Gasteiger partial charge in [0.05, 0.1) is 25.3 Å². The normalized spacial score (nSPS) is 11.6. The van der Waals surface area contributed by atoms with Crippen LogP contribution in [0.2, 0.25) is 0 Å². The smallest absolute Gasteiger partial charge is 0.357 e. The number of nitro groups is 1. The van der Waals surface area contributed by atoms with Crippen molar-refractivity contribution in [2.24, 2.45) is 0 Å². The van der Waals surface area contributed by atoms with E-state index in [-0.39, 0.29) is 11.7 Å². The van der Waals surface area contributed by atoms with E-state index < -0.39 is 4.92 Å². The third-order valence-corrected chi connectivity index (χ3v) is 3.30. The molecule has 0 bridgehead atoms. The van der Waals surface area contributed by atoms with Crippen molar-refractivity contribution in [3.63, 3.8) is 0 Å². The Labute approximate surface area is 128 Å². The fourth-order valence-electron chi connectivity index (χ4n) is 2.17. The van der Waals surface area contributed by atoms with Gasteiger partial charge in [0, 0.05) is 11.6 Å². The number of anilines is 1. The monoisotopic (exact) mass is 304 g/mol. The van der Waals surface area contributed by atoms with Crippen molar-refractivity contribution in [3.05, 3.63) is 52.2 Å². The third-order valence-electron chi connectivity index (χ3n) is 3.30. The number of ether oxygens (including phenoxy) is 2. The highest BCUT2D eigenvalue weighted by Gasteiger charge is 2.24. The van der Waals surface area contributed by atoms with Crippen LogP contribution in [0.1, 0.15) is 18.5 Å². The molecule has 0 spiro atoms. The van der Waals surface area contributed by atoms with Crippen LogP contribution in [-0.4, -0.2) is 19.1 Å². The van der Waals surface area contributed by atoms with Crippen LogP contribution in [0.4, 0.5) is 11.5 Å². The van der Waals surface area contributed by atoms with Gasteiger partial charge < -0.3 is 9.47 Å². The zero-order valence-electron chi connectivity index (χ0n) is 12.6. The van der Waals surface area contributed by atoms with Gasteiger partial charge in [0.2, 0.25) is 0 Å². The molecule has 2 aromatic rings. The number of methoxy groups -OCH3 is 2. The molecule has 116 valence electrons. The molecule has 0 radical (unpaired) electrons. The summed E-state index contributed by atoms with van der Waals surface area (Å²) in [4.78, 5) is 13.5. The highest BCUT2D eigenvalue weighted by molar-refractivity contribution is 5.53. The largest absolute Gasteiger partial charge is 0.497 e. The van der Waals surface area contributed by atoms with Gasteiger partial charge >= 0.3 is 11.5 Å². The molecule has 1 aromatic heterocycles. The Bertz CT molecular complexity index is 676. The van der Waals surface area contributed by atoms with Gasteiger partial charge in [0.1, 0.15) is 17.5 Å². The number of aromatic nitrogens is 1.